The molecule has 0 aliphatic rings. The number of carbonyl (C=O) groups excluding carboxylic acids is 2. The van der Waals surface area contributed by atoms with Crippen LogP contribution in [0.4, 0.5) is 0 Å². The molecule has 0 saturated heterocycles. The van der Waals surface area contributed by atoms with E-state index in [4.69, 9.17) is 9.15 Å². The number of ether oxygens (including phenoxy) is 1. The van der Waals surface area contributed by atoms with Gasteiger partial charge in [-0.2, -0.15) is 0 Å². The molecule has 1 atom stereocenters. The summed E-state index contributed by atoms with van der Waals surface area (Å²) in [7, 11) is 0. The summed E-state index contributed by atoms with van der Waals surface area (Å²) >= 11 is 1.14. The molecule has 3 rings (SSSR count). The maximum absolute atomic E-state index is 12.2. The van der Waals surface area contributed by atoms with Gasteiger partial charge in [-0.1, -0.05) is 67.6 Å². The summed E-state index contributed by atoms with van der Waals surface area (Å²) in [5.74, 6) is -0.784. The van der Waals surface area contributed by atoms with Crippen LogP contribution in [0.25, 0.3) is 11.1 Å². The lowest BCUT2D eigenvalue weighted by molar-refractivity contribution is -0.146. The van der Waals surface area contributed by atoms with Gasteiger partial charge in [-0.15, -0.1) is 0 Å². The Morgan fingerprint density at radius 3 is 2.64 bits per heavy atom. The van der Waals surface area contributed by atoms with E-state index in [1.807, 2.05) is 54.6 Å². The summed E-state index contributed by atoms with van der Waals surface area (Å²) in [5.41, 5.74) is 2.44. The first kappa shape index (κ1) is 19.9. The van der Waals surface area contributed by atoms with Crippen LogP contribution in [0.15, 0.2) is 64.2 Å². The molecule has 1 amide bonds. The van der Waals surface area contributed by atoms with E-state index in [-0.39, 0.29) is 24.3 Å². The molecule has 7 heteroatoms. The zero-order valence-corrected chi connectivity index (χ0v) is 16.4. The van der Waals surface area contributed by atoms with Crippen LogP contribution in [0.2, 0.25) is 0 Å². The quantitative estimate of drug-likeness (QED) is 0.431. The molecule has 146 valence electrons. The van der Waals surface area contributed by atoms with Crippen molar-refractivity contribution in [2.75, 3.05) is 12.4 Å². The minimum absolute atomic E-state index is 0.0250. The van der Waals surface area contributed by atoms with Crippen LogP contribution in [-0.4, -0.2) is 29.2 Å². The maximum atomic E-state index is 12.2. The Hall–Kier alpha value is -2.80. The molecule has 1 aromatic heterocycles. The van der Waals surface area contributed by atoms with Gasteiger partial charge in [0, 0.05) is 0 Å². The largest absolute Gasteiger partial charge is 0.455 e. The fourth-order valence-corrected chi connectivity index (χ4v) is 3.39. The first-order chi connectivity index (χ1) is 13.7. The molecule has 0 bridgehead atoms. The molecular weight excluding hydrogens is 376 g/mol. The zero-order chi connectivity index (χ0) is 19.8. The van der Waals surface area contributed by atoms with Gasteiger partial charge >= 0.3 is 5.97 Å². The van der Waals surface area contributed by atoms with Gasteiger partial charge in [-0.05, 0) is 24.1 Å². The lowest BCUT2D eigenvalue weighted by Crippen LogP contribution is -2.32. The molecule has 0 aliphatic carbocycles. The number of amides is 1. The van der Waals surface area contributed by atoms with Crippen LogP contribution in [-0.2, 0) is 14.3 Å². The monoisotopic (exact) mass is 398 g/mol. The lowest BCUT2D eigenvalue weighted by atomic mass is 10.0. The van der Waals surface area contributed by atoms with Crippen LogP contribution < -0.4 is 5.32 Å². The highest BCUT2D eigenvalue weighted by Gasteiger charge is 2.16. The maximum Gasteiger partial charge on any atom is 0.316 e. The lowest BCUT2D eigenvalue weighted by Gasteiger charge is -2.18. The molecule has 0 fully saturated rings. The Kier molecular flexibility index (Phi) is 7.08. The number of nitrogens with one attached hydrogen (secondary N) is 1. The molecule has 1 N–H and O–H groups in total. The van der Waals surface area contributed by atoms with E-state index in [1.54, 1.807) is 0 Å². The molecule has 6 nitrogen and oxygen atoms in total. The number of benzene rings is 2. The molecule has 0 saturated carbocycles. The number of hydrogen-bond acceptors (Lipinski definition) is 6. The van der Waals surface area contributed by atoms with Gasteiger partial charge < -0.3 is 14.5 Å². The number of esters is 1. The Bertz CT molecular complexity index is 893. The summed E-state index contributed by atoms with van der Waals surface area (Å²) in [4.78, 5) is 28.4. The van der Waals surface area contributed by atoms with Gasteiger partial charge in [0.25, 0.3) is 11.1 Å². The standard InChI is InChI=1S/C21H22N2O4S/c1-2-8-16(15-9-4-3-5-10-15)22-19(24)13-26-20(25)14-28-21-23-17-11-6-7-12-18(17)27-21/h3-7,9-12,16H,2,8,13-14H2,1H3,(H,22,24)/t16-/m1/s1. The van der Waals surface area contributed by atoms with Gasteiger partial charge in [0.1, 0.15) is 11.3 Å². The normalized spacial score (nSPS) is 11.9. The van der Waals surface area contributed by atoms with Crippen LogP contribution >= 0.6 is 11.8 Å². The number of oxazole rings is 1. The van der Waals surface area contributed by atoms with Crippen LogP contribution in [0.1, 0.15) is 31.4 Å². The third kappa shape index (κ3) is 5.60. The molecule has 2 aromatic carbocycles. The number of hydrogen-bond donors (Lipinski definition) is 1. The SMILES string of the molecule is CCC[C@@H](NC(=O)COC(=O)CSc1nc2ccccc2o1)c1ccccc1. The minimum atomic E-state index is -0.492. The van der Waals surface area contributed by atoms with Crippen LogP contribution in [0, 0.1) is 0 Å². The number of thioether (sulfide) groups is 1. The van der Waals surface area contributed by atoms with Crippen LogP contribution in [0.3, 0.4) is 0 Å². The summed E-state index contributed by atoms with van der Waals surface area (Å²) < 4.78 is 10.6. The number of aromatic nitrogens is 1. The molecular formula is C21H22N2O4S. The smallest absolute Gasteiger partial charge is 0.316 e. The average Bonchev–Trinajstić information content (AvgIpc) is 3.14. The predicted molar refractivity (Wildman–Crippen MR) is 108 cm³/mol. The van der Waals surface area contributed by atoms with E-state index >= 15 is 0 Å². The first-order valence-electron chi connectivity index (χ1n) is 9.14. The van der Waals surface area contributed by atoms with Gasteiger partial charge in [0.15, 0.2) is 12.2 Å². The zero-order valence-electron chi connectivity index (χ0n) is 15.6. The Morgan fingerprint density at radius 1 is 1.14 bits per heavy atom. The highest BCUT2D eigenvalue weighted by molar-refractivity contribution is 7.99. The van der Waals surface area contributed by atoms with E-state index in [2.05, 4.69) is 17.2 Å². The van der Waals surface area contributed by atoms with Gasteiger partial charge in [-0.3, -0.25) is 9.59 Å². The van der Waals surface area contributed by atoms with Gasteiger partial charge in [-0.25, -0.2) is 4.98 Å². The summed E-state index contributed by atoms with van der Waals surface area (Å²) in [5, 5.41) is 3.33. The van der Waals surface area contributed by atoms with Crippen LogP contribution in [0.5, 0.6) is 0 Å². The van der Waals surface area contributed by atoms with E-state index < -0.39 is 5.97 Å². The molecule has 0 spiro atoms. The number of nitrogens with zero attached hydrogens (tertiary/aromatic N) is 1. The Balaban J connectivity index is 1.44. The fraction of sp³-hybridized carbons (Fsp3) is 0.286. The van der Waals surface area contributed by atoms with Crippen molar-refractivity contribution in [3.8, 4) is 0 Å². The van der Waals surface area contributed by atoms with Crippen molar-refractivity contribution in [3.05, 3.63) is 60.2 Å². The van der Waals surface area contributed by atoms with E-state index in [1.165, 1.54) is 0 Å². The van der Waals surface area contributed by atoms with Crippen molar-refractivity contribution >= 4 is 34.7 Å². The second-order valence-corrected chi connectivity index (χ2v) is 7.14. The van der Waals surface area contributed by atoms with Gasteiger partial charge in [0.05, 0.1) is 6.04 Å². The number of rotatable bonds is 9. The van der Waals surface area contributed by atoms with Crippen molar-refractivity contribution < 1.29 is 18.7 Å². The molecule has 0 radical (unpaired) electrons. The van der Waals surface area contributed by atoms with E-state index in [9.17, 15) is 9.59 Å². The molecule has 0 aliphatic heterocycles. The second-order valence-electron chi connectivity index (χ2n) is 6.22. The topological polar surface area (TPSA) is 81.4 Å². The average molecular weight is 398 g/mol. The van der Waals surface area contributed by atoms with Crippen molar-refractivity contribution in [2.24, 2.45) is 0 Å². The Labute approximate surface area is 167 Å². The van der Waals surface area contributed by atoms with Gasteiger partial charge in [0.2, 0.25) is 0 Å². The third-order valence-corrected chi connectivity index (χ3v) is 4.87. The number of fused-ring (bicyclic) bond motifs is 1. The molecule has 3 aromatic rings. The second kappa shape index (κ2) is 9.94. The molecule has 1 heterocycles. The third-order valence-electron chi connectivity index (χ3n) is 4.07. The van der Waals surface area contributed by atoms with E-state index in [0.717, 1.165) is 35.7 Å². The fourth-order valence-electron chi connectivity index (χ4n) is 2.75. The predicted octanol–water partition coefficient (Wildman–Crippen LogP) is 4.12. The summed E-state index contributed by atoms with van der Waals surface area (Å²) in [6, 6.07) is 17.0. The minimum Gasteiger partial charge on any atom is -0.455 e. The van der Waals surface area contributed by atoms with Crippen molar-refractivity contribution in [1.82, 2.24) is 10.3 Å². The van der Waals surface area contributed by atoms with Crippen molar-refractivity contribution in [3.63, 3.8) is 0 Å². The number of carbonyl (C=O) groups is 2. The first-order valence-corrected chi connectivity index (χ1v) is 10.1. The molecule has 28 heavy (non-hydrogen) atoms. The van der Waals surface area contributed by atoms with E-state index in [0.29, 0.717) is 10.8 Å². The summed E-state index contributed by atoms with van der Waals surface area (Å²) in [6.45, 7) is 1.76. The van der Waals surface area contributed by atoms with Crippen molar-refractivity contribution in [2.45, 2.75) is 31.0 Å². The molecule has 0 unspecified atom stereocenters. The Morgan fingerprint density at radius 2 is 1.89 bits per heavy atom. The highest BCUT2D eigenvalue weighted by atomic mass is 32.2. The van der Waals surface area contributed by atoms with Crippen molar-refractivity contribution in [1.29, 1.82) is 0 Å². The number of para-hydroxylation sites is 2. The highest BCUT2D eigenvalue weighted by Crippen LogP contribution is 2.23. The summed E-state index contributed by atoms with van der Waals surface area (Å²) in [6.07, 6.45) is 1.75.